The molecule has 1 N–H and O–H groups in total. The Hall–Kier alpha value is -2.40. The predicted octanol–water partition coefficient (Wildman–Crippen LogP) is 2.24. The molecule has 1 saturated heterocycles. The molecule has 0 amide bonds. The van der Waals surface area contributed by atoms with Gasteiger partial charge in [-0.25, -0.2) is 4.63 Å². The molecule has 5 nitrogen and oxygen atoms in total. The van der Waals surface area contributed by atoms with Gasteiger partial charge in [-0.1, -0.05) is 24.3 Å². The Kier molecular flexibility index (Phi) is 2.38. The average Bonchev–Trinajstić information content (AvgIpc) is 3.15. The largest absolute Gasteiger partial charge is 0.493 e. The van der Waals surface area contributed by atoms with Crippen LogP contribution in [0.25, 0.3) is 11.0 Å². The number of hydrogen-bond donors (Lipinski definition) is 1. The molecule has 1 aliphatic heterocycles. The minimum absolute atomic E-state index is 0.105. The predicted molar refractivity (Wildman–Crippen MR) is 81.0 cm³/mol. The molecule has 2 aromatic carbocycles. The van der Waals surface area contributed by atoms with Crippen molar-refractivity contribution < 1.29 is 9.37 Å². The lowest BCUT2D eigenvalue weighted by Gasteiger charge is -2.46. The van der Waals surface area contributed by atoms with Gasteiger partial charge in [0.05, 0.1) is 12.0 Å². The molecule has 2 heterocycles. The number of benzene rings is 2. The van der Waals surface area contributed by atoms with Gasteiger partial charge in [0.15, 0.2) is 0 Å². The Morgan fingerprint density at radius 3 is 3.09 bits per heavy atom. The molecule has 0 unspecified atom stereocenters. The van der Waals surface area contributed by atoms with Gasteiger partial charge in [-0.3, -0.25) is 0 Å². The summed E-state index contributed by atoms with van der Waals surface area (Å²) in [5, 5.41) is 11.2. The molecule has 110 valence electrons. The molecule has 0 radical (unpaired) electrons. The summed E-state index contributed by atoms with van der Waals surface area (Å²) in [7, 11) is 0. The maximum absolute atomic E-state index is 6.10. The van der Waals surface area contributed by atoms with Crippen LogP contribution in [0.2, 0.25) is 0 Å². The summed E-state index contributed by atoms with van der Waals surface area (Å²) in [6, 6.07) is 14.4. The standard InChI is InChI=1S/C17H15N3O2/c1-2-4-13-12(3-1)14-8-18-9-17(13,14)10-21-11-5-6-15-16(7-11)20-22-19-15/h1-7,14,18H,8-10H2/t14-,17-/m1/s1. The topological polar surface area (TPSA) is 60.2 Å². The Morgan fingerprint density at radius 1 is 1.18 bits per heavy atom. The van der Waals surface area contributed by atoms with Gasteiger partial charge >= 0.3 is 0 Å². The monoisotopic (exact) mass is 293 g/mol. The zero-order valence-electron chi connectivity index (χ0n) is 12.0. The van der Waals surface area contributed by atoms with Crippen LogP contribution in [0, 0.1) is 0 Å². The lowest BCUT2D eigenvalue weighted by atomic mass is 9.58. The molecular weight excluding hydrogens is 278 g/mol. The van der Waals surface area contributed by atoms with Gasteiger partial charge in [-0.05, 0) is 33.6 Å². The van der Waals surface area contributed by atoms with E-state index in [2.05, 4.69) is 39.9 Å². The lowest BCUT2D eigenvalue weighted by Crippen LogP contribution is -2.48. The molecular formula is C17H15N3O2. The van der Waals surface area contributed by atoms with Crippen LogP contribution in [0.1, 0.15) is 17.0 Å². The summed E-state index contributed by atoms with van der Waals surface area (Å²) in [5.41, 5.74) is 4.47. The fraction of sp³-hybridized carbons (Fsp3) is 0.294. The van der Waals surface area contributed by atoms with Crippen molar-refractivity contribution in [2.75, 3.05) is 19.7 Å². The van der Waals surface area contributed by atoms with Gasteiger partial charge in [-0.2, -0.15) is 0 Å². The number of fused-ring (bicyclic) bond motifs is 5. The van der Waals surface area contributed by atoms with Crippen molar-refractivity contribution in [2.24, 2.45) is 0 Å². The van der Waals surface area contributed by atoms with Crippen LogP contribution in [-0.4, -0.2) is 30.0 Å². The van der Waals surface area contributed by atoms with Crippen molar-refractivity contribution in [3.05, 3.63) is 53.6 Å². The van der Waals surface area contributed by atoms with Crippen molar-refractivity contribution >= 4 is 11.0 Å². The van der Waals surface area contributed by atoms with Gasteiger partial charge in [0, 0.05) is 25.1 Å². The highest BCUT2D eigenvalue weighted by Crippen LogP contribution is 2.53. The van der Waals surface area contributed by atoms with Crippen LogP contribution in [0.5, 0.6) is 5.75 Å². The molecule has 2 atom stereocenters. The number of ether oxygens (including phenoxy) is 1. The van der Waals surface area contributed by atoms with Crippen molar-refractivity contribution in [3.8, 4) is 5.75 Å². The highest BCUT2D eigenvalue weighted by Gasteiger charge is 2.54. The van der Waals surface area contributed by atoms with Gasteiger partial charge in [0.25, 0.3) is 0 Å². The second-order valence-electron chi connectivity index (χ2n) is 6.13. The van der Waals surface area contributed by atoms with E-state index in [0.717, 1.165) is 29.9 Å². The number of nitrogens with zero attached hydrogens (tertiary/aromatic N) is 2. The Balaban J connectivity index is 1.44. The maximum atomic E-state index is 6.10. The second kappa shape index (κ2) is 4.30. The van der Waals surface area contributed by atoms with E-state index in [-0.39, 0.29) is 5.41 Å². The van der Waals surface area contributed by atoms with Crippen molar-refractivity contribution in [1.82, 2.24) is 15.6 Å². The van der Waals surface area contributed by atoms with Crippen molar-refractivity contribution in [1.29, 1.82) is 0 Å². The summed E-state index contributed by atoms with van der Waals surface area (Å²) in [4.78, 5) is 0. The van der Waals surface area contributed by atoms with E-state index < -0.39 is 0 Å². The Morgan fingerprint density at radius 2 is 2.09 bits per heavy atom. The van der Waals surface area contributed by atoms with Crippen LogP contribution >= 0.6 is 0 Å². The zero-order valence-corrected chi connectivity index (χ0v) is 12.0. The van der Waals surface area contributed by atoms with Crippen LogP contribution in [0.15, 0.2) is 47.1 Å². The van der Waals surface area contributed by atoms with E-state index in [4.69, 9.17) is 9.37 Å². The molecule has 22 heavy (non-hydrogen) atoms. The fourth-order valence-corrected chi connectivity index (χ4v) is 3.92. The number of aromatic nitrogens is 2. The molecule has 1 aromatic heterocycles. The zero-order chi connectivity index (χ0) is 14.6. The summed E-state index contributed by atoms with van der Waals surface area (Å²) < 4.78 is 10.8. The van der Waals surface area contributed by atoms with Crippen molar-refractivity contribution in [2.45, 2.75) is 11.3 Å². The molecule has 2 aliphatic rings. The summed E-state index contributed by atoms with van der Waals surface area (Å²) in [6.07, 6.45) is 0. The van der Waals surface area contributed by atoms with E-state index >= 15 is 0 Å². The Bertz CT molecular complexity index is 860. The second-order valence-corrected chi connectivity index (χ2v) is 6.13. The van der Waals surface area contributed by atoms with Gasteiger partial charge in [0.1, 0.15) is 16.8 Å². The van der Waals surface area contributed by atoms with Gasteiger partial charge in [0.2, 0.25) is 0 Å². The third kappa shape index (κ3) is 1.51. The van der Waals surface area contributed by atoms with Gasteiger partial charge < -0.3 is 10.1 Å². The highest BCUT2D eigenvalue weighted by molar-refractivity contribution is 5.74. The lowest BCUT2D eigenvalue weighted by molar-refractivity contribution is 0.190. The van der Waals surface area contributed by atoms with E-state index in [0.29, 0.717) is 12.5 Å². The summed E-state index contributed by atoms with van der Waals surface area (Å²) in [6.45, 7) is 2.69. The van der Waals surface area contributed by atoms with Crippen LogP contribution in [0.3, 0.4) is 0 Å². The first-order chi connectivity index (χ1) is 10.9. The van der Waals surface area contributed by atoms with Gasteiger partial charge in [-0.15, -0.1) is 0 Å². The van der Waals surface area contributed by atoms with E-state index in [1.54, 1.807) is 0 Å². The van der Waals surface area contributed by atoms with Crippen molar-refractivity contribution in [3.63, 3.8) is 0 Å². The van der Waals surface area contributed by atoms with E-state index in [1.807, 2.05) is 18.2 Å². The molecule has 0 bridgehead atoms. The fourth-order valence-electron chi connectivity index (χ4n) is 3.92. The number of hydrogen-bond acceptors (Lipinski definition) is 5. The minimum atomic E-state index is 0.105. The third-order valence-electron chi connectivity index (χ3n) is 5.05. The third-order valence-corrected chi connectivity index (χ3v) is 5.05. The van der Waals surface area contributed by atoms with E-state index in [1.165, 1.54) is 11.1 Å². The quantitative estimate of drug-likeness (QED) is 0.802. The molecule has 5 rings (SSSR count). The molecule has 5 heteroatoms. The SMILES string of the molecule is c1ccc2c(c1)[C@H]1CNC[C@@]21COc1ccc2nonc2c1. The first-order valence-electron chi connectivity index (χ1n) is 7.52. The summed E-state index contributed by atoms with van der Waals surface area (Å²) in [5.74, 6) is 1.37. The van der Waals surface area contributed by atoms with Crippen LogP contribution in [0.4, 0.5) is 0 Å². The normalized spacial score (nSPS) is 25.5. The smallest absolute Gasteiger partial charge is 0.138 e. The average molecular weight is 293 g/mol. The molecule has 0 saturated carbocycles. The number of nitrogens with one attached hydrogen (secondary N) is 1. The molecule has 0 spiro atoms. The maximum Gasteiger partial charge on any atom is 0.138 e. The first-order valence-corrected chi connectivity index (χ1v) is 7.52. The molecule has 1 fully saturated rings. The minimum Gasteiger partial charge on any atom is -0.493 e. The van der Waals surface area contributed by atoms with Crippen LogP contribution in [-0.2, 0) is 5.41 Å². The molecule has 1 aliphatic carbocycles. The highest BCUT2D eigenvalue weighted by atomic mass is 16.6. The molecule has 3 aromatic rings. The Labute approximate surface area is 127 Å². The van der Waals surface area contributed by atoms with Crippen LogP contribution < -0.4 is 10.1 Å². The number of rotatable bonds is 3. The van der Waals surface area contributed by atoms with E-state index in [9.17, 15) is 0 Å². The summed E-state index contributed by atoms with van der Waals surface area (Å²) >= 11 is 0. The first kappa shape index (κ1) is 12.2.